The molecule has 3 rings (SSSR count). The highest BCUT2D eigenvalue weighted by atomic mass is 16.2. The van der Waals surface area contributed by atoms with Gasteiger partial charge in [-0.05, 0) is 23.3 Å². The van der Waals surface area contributed by atoms with Crippen LogP contribution in [-0.2, 0) is 17.9 Å². The third-order valence-electron chi connectivity index (χ3n) is 4.20. The van der Waals surface area contributed by atoms with E-state index in [1.54, 1.807) is 0 Å². The van der Waals surface area contributed by atoms with Crippen molar-refractivity contribution in [3.05, 3.63) is 65.7 Å². The largest absolute Gasteiger partial charge is 0.352 e. The lowest BCUT2D eigenvalue weighted by Crippen LogP contribution is -2.43. The molecule has 5 nitrogen and oxygen atoms in total. The molecule has 1 fully saturated rings. The smallest absolute Gasteiger partial charge is 0.228 e. The first kappa shape index (κ1) is 17.0. The van der Waals surface area contributed by atoms with Gasteiger partial charge in [0, 0.05) is 39.3 Å². The zero-order chi connectivity index (χ0) is 17.6. The Balaban J connectivity index is 1.65. The van der Waals surface area contributed by atoms with Gasteiger partial charge in [-0.25, -0.2) is 4.99 Å². The van der Waals surface area contributed by atoms with Gasteiger partial charge in [0.2, 0.25) is 5.91 Å². The Labute approximate surface area is 149 Å². The molecular formula is C20H24N4O. The van der Waals surface area contributed by atoms with Gasteiger partial charge in [0.05, 0.1) is 6.54 Å². The minimum Gasteiger partial charge on any atom is -0.352 e. The second-order valence-corrected chi connectivity index (χ2v) is 6.34. The molecule has 0 bridgehead atoms. The standard InChI is InChI=1S/C20H24N4O/c1-23(2)20(21-14-16-7-4-3-5-8-16)22-15-17-9-6-10-18(13-17)24-12-11-19(24)25/h3-10,13H,11-12,14-15H2,1-2H3,(H,21,22). The highest BCUT2D eigenvalue weighted by molar-refractivity contribution is 5.99. The van der Waals surface area contributed by atoms with Gasteiger partial charge in [-0.2, -0.15) is 0 Å². The number of benzene rings is 2. The van der Waals surface area contributed by atoms with Gasteiger partial charge in [0.1, 0.15) is 0 Å². The zero-order valence-electron chi connectivity index (χ0n) is 14.8. The molecule has 25 heavy (non-hydrogen) atoms. The van der Waals surface area contributed by atoms with Crippen LogP contribution in [0.2, 0.25) is 0 Å². The Hall–Kier alpha value is -2.82. The van der Waals surface area contributed by atoms with E-state index < -0.39 is 0 Å². The van der Waals surface area contributed by atoms with Gasteiger partial charge in [-0.1, -0.05) is 42.5 Å². The number of rotatable bonds is 5. The molecule has 0 atom stereocenters. The van der Waals surface area contributed by atoms with Crippen LogP contribution in [0.25, 0.3) is 0 Å². The molecule has 1 amide bonds. The molecule has 2 aromatic rings. The summed E-state index contributed by atoms with van der Waals surface area (Å²) in [5.41, 5.74) is 3.28. The number of nitrogens with zero attached hydrogens (tertiary/aromatic N) is 3. The van der Waals surface area contributed by atoms with E-state index in [1.807, 2.05) is 66.4 Å². The van der Waals surface area contributed by atoms with Crippen LogP contribution in [0.15, 0.2) is 59.6 Å². The van der Waals surface area contributed by atoms with E-state index >= 15 is 0 Å². The van der Waals surface area contributed by atoms with Crippen LogP contribution in [0.1, 0.15) is 17.5 Å². The minimum atomic E-state index is 0.194. The maximum absolute atomic E-state index is 11.6. The second-order valence-electron chi connectivity index (χ2n) is 6.34. The molecule has 2 aromatic carbocycles. The molecule has 1 aliphatic heterocycles. The van der Waals surface area contributed by atoms with E-state index in [4.69, 9.17) is 4.99 Å². The first-order valence-corrected chi connectivity index (χ1v) is 8.52. The lowest BCUT2D eigenvalue weighted by atomic mass is 10.1. The van der Waals surface area contributed by atoms with Gasteiger partial charge < -0.3 is 15.1 Å². The Morgan fingerprint density at radius 2 is 1.88 bits per heavy atom. The zero-order valence-corrected chi connectivity index (χ0v) is 14.8. The number of amides is 1. The molecule has 0 spiro atoms. The summed E-state index contributed by atoms with van der Waals surface area (Å²) in [5, 5.41) is 3.38. The number of carbonyl (C=O) groups excluding carboxylic acids is 1. The van der Waals surface area contributed by atoms with Gasteiger partial charge in [-0.3, -0.25) is 4.79 Å². The second kappa shape index (κ2) is 7.83. The lowest BCUT2D eigenvalue weighted by Gasteiger charge is -2.30. The number of aliphatic imine (C=N–C) groups is 1. The normalized spacial score (nSPS) is 14.2. The minimum absolute atomic E-state index is 0.194. The molecule has 1 aliphatic rings. The van der Waals surface area contributed by atoms with Crippen molar-refractivity contribution in [2.45, 2.75) is 19.5 Å². The van der Waals surface area contributed by atoms with Crippen LogP contribution in [0, 0.1) is 0 Å². The van der Waals surface area contributed by atoms with Gasteiger partial charge in [0.25, 0.3) is 0 Å². The lowest BCUT2D eigenvalue weighted by molar-refractivity contribution is -0.122. The molecule has 1 heterocycles. The third-order valence-corrected chi connectivity index (χ3v) is 4.20. The van der Waals surface area contributed by atoms with E-state index in [0.29, 0.717) is 13.0 Å². The summed E-state index contributed by atoms with van der Waals surface area (Å²) >= 11 is 0. The summed E-state index contributed by atoms with van der Waals surface area (Å²) in [5.74, 6) is 1.04. The number of β-lactam (4-membered cyclic amide) rings is 1. The number of hydrogen-bond acceptors (Lipinski definition) is 2. The molecule has 0 aliphatic carbocycles. The fraction of sp³-hybridized carbons (Fsp3) is 0.300. The maximum Gasteiger partial charge on any atom is 0.228 e. The van der Waals surface area contributed by atoms with Crippen LogP contribution >= 0.6 is 0 Å². The van der Waals surface area contributed by atoms with Gasteiger partial charge >= 0.3 is 0 Å². The molecule has 1 N–H and O–H groups in total. The first-order valence-electron chi connectivity index (χ1n) is 8.52. The summed E-state index contributed by atoms with van der Waals surface area (Å²) in [4.78, 5) is 20.1. The Bertz CT molecular complexity index is 755. The Morgan fingerprint density at radius 3 is 2.52 bits per heavy atom. The summed E-state index contributed by atoms with van der Waals surface area (Å²) in [6.45, 7) is 2.12. The summed E-state index contributed by atoms with van der Waals surface area (Å²) < 4.78 is 0. The number of guanidine groups is 1. The van der Waals surface area contributed by atoms with E-state index in [9.17, 15) is 4.79 Å². The fourth-order valence-electron chi connectivity index (χ4n) is 2.71. The van der Waals surface area contributed by atoms with Crippen molar-refractivity contribution in [2.24, 2.45) is 4.99 Å². The summed E-state index contributed by atoms with van der Waals surface area (Å²) in [7, 11) is 3.96. The molecule has 0 unspecified atom stereocenters. The maximum atomic E-state index is 11.6. The third kappa shape index (κ3) is 4.38. The van der Waals surface area contributed by atoms with Crippen molar-refractivity contribution < 1.29 is 4.79 Å². The van der Waals surface area contributed by atoms with E-state index in [0.717, 1.165) is 30.3 Å². The molecule has 5 heteroatoms. The fourth-order valence-corrected chi connectivity index (χ4v) is 2.71. The van der Waals surface area contributed by atoms with Crippen LogP contribution in [-0.4, -0.2) is 37.4 Å². The highest BCUT2D eigenvalue weighted by Gasteiger charge is 2.24. The number of hydrogen-bond donors (Lipinski definition) is 1. The molecule has 1 saturated heterocycles. The van der Waals surface area contributed by atoms with E-state index in [-0.39, 0.29) is 5.91 Å². The van der Waals surface area contributed by atoms with Crippen LogP contribution < -0.4 is 10.2 Å². The van der Waals surface area contributed by atoms with Crippen LogP contribution in [0.5, 0.6) is 0 Å². The monoisotopic (exact) mass is 336 g/mol. The van der Waals surface area contributed by atoms with Crippen molar-refractivity contribution in [3.8, 4) is 0 Å². The van der Waals surface area contributed by atoms with Crippen molar-refractivity contribution in [3.63, 3.8) is 0 Å². The number of carbonyl (C=O) groups is 1. The molecule has 0 radical (unpaired) electrons. The van der Waals surface area contributed by atoms with Crippen LogP contribution in [0.3, 0.4) is 0 Å². The van der Waals surface area contributed by atoms with Gasteiger partial charge in [-0.15, -0.1) is 0 Å². The quantitative estimate of drug-likeness (QED) is 0.519. The summed E-state index contributed by atoms with van der Waals surface area (Å²) in [6.07, 6.45) is 0.649. The molecule has 130 valence electrons. The number of nitrogens with one attached hydrogen (secondary N) is 1. The Kier molecular flexibility index (Phi) is 5.33. The number of anilines is 1. The van der Waals surface area contributed by atoms with Crippen molar-refractivity contribution >= 4 is 17.6 Å². The van der Waals surface area contributed by atoms with E-state index in [2.05, 4.69) is 17.4 Å². The average molecular weight is 336 g/mol. The first-order chi connectivity index (χ1) is 12.1. The van der Waals surface area contributed by atoms with Crippen LogP contribution in [0.4, 0.5) is 5.69 Å². The predicted molar refractivity (Wildman–Crippen MR) is 102 cm³/mol. The average Bonchev–Trinajstić information content (AvgIpc) is 2.61. The predicted octanol–water partition coefficient (Wildman–Crippen LogP) is 2.63. The van der Waals surface area contributed by atoms with E-state index in [1.165, 1.54) is 5.56 Å². The molecular weight excluding hydrogens is 312 g/mol. The van der Waals surface area contributed by atoms with Gasteiger partial charge in [0.15, 0.2) is 5.96 Å². The van der Waals surface area contributed by atoms with Crippen molar-refractivity contribution in [1.82, 2.24) is 10.2 Å². The van der Waals surface area contributed by atoms with Crippen molar-refractivity contribution in [2.75, 3.05) is 25.5 Å². The highest BCUT2D eigenvalue weighted by Crippen LogP contribution is 2.22. The topological polar surface area (TPSA) is 47.9 Å². The summed E-state index contributed by atoms with van der Waals surface area (Å²) in [6, 6.07) is 18.3. The Morgan fingerprint density at radius 1 is 1.12 bits per heavy atom. The van der Waals surface area contributed by atoms with Crippen molar-refractivity contribution in [1.29, 1.82) is 0 Å². The molecule has 0 aromatic heterocycles. The SMILES string of the molecule is CN(C)C(=NCc1cccc(N2CCC2=O)c1)NCc1ccccc1. The molecule has 0 saturated carbocycles.